The fourth-order valence-corrected chi connectivity index (χ4v) is 5.04. The number of hydrogen-bond acceptors (Lipinski definition) is 5. The molecule has 2 saturated carbocycles. The third-order valence-corrected chi connectivity index (χ3v) is 7.06. The summed E-state index contributed by atoms with van der Waals surface area (Å²) in [7, 11) is 0. The molecule has 11 heteroatoms. The summed E-state index contributed by atoms with van der Waals surface area (Å²) in [5, 5.41) is 19.4. The number of amides is 2. The summed E-state index contributed by atoms with van der Waals surface area (Å²) in [5.74, 6) is -0.978. The van der Waals surface area contributed by atoms with Crippen LogP contribution < -0.4 is 0 Å². The first-order valence-electron chi connectivity index (χ1n) is 11.5. The fourth-order valence-electron chi connectivity index (χ4n) is 5.04. The molecule has 2 aromatic heterocycles. The molecule has 0 spiro atoms. The second kappa shape index (κ2) is 8.27. The van der Waals surface area contributed by atoms with Gasteiger partial charge in [0, 0.05) is 25.3 Å². The molecule has 3 heterocycles. The largest absolute Gasteiger partial charge is 0.419 e. The van der Waals surface area contributed by atoms with Gasteiger partial charge >= 0.3 is 6.18 Å². The molecular formula is C23H24F3N5O3. The van der Waals surface area contributed by atoms with Crippen LogP contribution in [0.1, 0.15) is 71.8 Å². The van der Waals surface area contributed by atoms with Crippen LogP contribution in [0.25, 0.3) is 5.65 Å². The Morgan fingerprint density at radius 1 is 1.15 bits per heavy atom. The predicted molar refractivity (Wildman–Crippen MR) is 113 cm³/mol. The molecule has 1 aliphatic heterocycles. The number of aliphatic hydroxyl groups excluding tert-OH is 1. The Hall–Kier alpha value is -3.13. The second-order valence-corrected chi connectivity index (χ2v) is 9.35. The van der Waals surface area contributed by atoms with Crippen LogP contribution in [-0.2, 0) is 11.0 Å². The van der Waals surface area contributed by atoms with Crippen molar-refractivity contribution in [2.24, 2.45) is 0 Å². The number of nitrogens with zero attached hydrogens (tertiary/aromatic N) is 5. The van der Waals surface area contributed by atoms with Gasteiger partial charge in [0.1, 0.15) is 12.6 Å². The lowest BCUT2D eigenvalue weighted by atomic mass is 9.91. The first-order chi connectivity index (χ1) is 16.2. The van der Waals surface area contributed by atoms with Gasteiger partial charge in [-0.3, -0.25) is 14.0 Å². The van der Waals surface area contributed by atoms with Gasteiger partial charge in [-0.2, -0.15) is 18.4 Å². The zero-order valence-electron chi connectivity index (χ0n) is 18.4. The van der Waals surface area contributed by atoms with E-state index < -0.39 is 23.3 Å². The Morgan fingerprint density at radius 3 is 2.44 bits per heavy atom. The first-order valence-corrected chi connectivity index (χ1v) is 11.5. The van der Waals surface area contributed by atoms with Crippen LogP contribution in [0.4, 0.5) is 13.2 Å². The zero-order valence-corrected chi connectivity index (χ0v) is 18.4. The van der Waals surface area contributed by atoms with Gasteiger partial charge in [0.2, 0.25) is 5.91 Å². The summed E-state index contributed by atoms with van der Waals surface area (Å²) in [6.45, 7) is 0.262. The third-order valence-electron chi connectivity index (χ3n) is 7.06. The summed E-state index contributed by atoms with van der Waals surface area (Å²) in [6.07, 6.45) is 0.587. The number of piperazine rings is 1. The number of imidazole rings is 1. The molecule has 0 bridgehead atoms. The van der Waals surface area contributed by atoms with Crippen molar-refractivity contribution >= 4 is 17.5 Å². The highest BCUT2D eigenvalue weighted by atomic mass is 19.4. The minimum absolute atomic E-state index is 0.00481. The van der Waals surface area contributed by atoms with Crippen molar-refractivity contribution in [3.63, 3.8) is 0 Å². The zero-order chi connectivity index (χ0) is 24.2. The summed E-state index contributed by atoms with van der Waals surface area (Å²) < 4.78 is 42.4. The van der Waals surface area contributed by atoms with Gasteiger partial charge in [-0.25, -0.2) is 4.98 Å². The predicted octanol–water partition coefficient (Wildman–Crippen LogP) is 2.69. The lowest BCUT2D eigenvalue weighted by Crippen LogP contribution is -2.56. The molecule has 1 saturated heterocycles. The fraction of sp³-hybridized carbons (Fsp3) is 0.565. The van der Waals surface area contributed by atoms with E-state index in [-0.39, 0.29) is 48.4 Å². The van der Waals surface area contributed by atoms with E-state index in [0.717, 1.165) is 23.3 Å². The molecule has 1 N–H and O–H groups in total. The molecule has 0 unspecified atom stereocenters. The van der Waals surface area contributed by atoms with Crippen LogP contribution >= 0.6 is 0 Å². The second-order valence-electron chi connectivity index (χ2n) is 9.35. The van der Waals surface area contributed by atoms with E-state index in [2.05, 4.69) is 4.98 Å². The van der Waals surface area contributed by atoms with Gasteiger partial charge in [0.25, 0.3) is 5.91 Å². The van der Waals surface area contributed by atoms with E-state index >= 15 is 0 Å². The summed E-state index contributed by atoms with van der Waals surface area (Å²) >= 11 is 0. The van der Waals surface area contributed by atoms with Gasteiger partial charge in [0.05, 0.1) is 11.7 Å². The Bertz CT molecular complexity index is 1190. The van der Waals surface area contributed by atoms with Crippen LogP contribution in [0.5, 0.6) is 0 Å². The number of aromatic nitrogens is 2. The first kappa shape index (κ1) is 22.7. The molecule has 0 radical (unpaired) electrons. The average Bonchev–Trinajstić information content (AvgIpc) is 3.58. The molecule has 0 aromatic carbocycles. The molecule has 3 aliphatic rings. The van der Waals surface area contributed by atoms with Crippen LogP contribution in [-0.4, -0.2) is 67.9 Å². The van der Waals surface area contributed by atoms with Crippen molar-refractivity contribution in [3.8, 4) is 6.07 Å². The van der Waals surface area contributed by atoms with Crippen molar-refractivity contribution < 1.29 is 27.9 Å². The summed E-state index contributed by atoms with van der Waals surface area (Å²) in [5.41, 5.74) is -1.63. The Labute approximate surface area is 193 Å². The van der Waals surface area contributed by atoms with Crippen LogP contribution in [0.3, 0.4) is 0 Å². The number of halogens is 3. The summed E-state index contributed by atoms with van der Waals surface area (Å²) in [4.78, 5) is 32.9. The minimum atomic E-state index is -4.69. The van der Waals surface area contributed by atoms with Crippen molar-refractivity contribution in [3.05, 3.63) is 34.8 Å². The highest BCUT2D eigenvalue weighted by Crippen LogP contribution is 2.43. The average molecular weight is 475 g/mol. The smallest absolute Gasteiger partial charge is 0.393 e. The number of carbonyl (C=O) groups excluding carboxylic acids is 2. The SMILES string of the molecule is N#Cc1c(C(=O)N2CCN([C@H]3CC[C@@H](O)CC3)C(=O)C2)nc2c(C(F)(F)F)cc(C3CC3)cn12. The van der Waals surface area contributed by atoms with Gasteiger partial charge in [-0.1, -0.05) is 0 Å². The lowest BCUT2D eigenvalue weighted by molar-refractivity contribution is -0.139. The van der Waals surface area contributed by atoms with E-state index in [1.807, 2.05) is 6.07 Å². The highest BCUT2D eigenvalue weighted by molar-refractivity contribution is 5.98. The van der Waals surface area contributed by atoms with Crippen LogP contribution in [0, 0.1) is 11.3 Å². The molecule has 3 fully saturated rings. The van der Waals surface area contributed by atoms with Crippen molar-refractivity contribution in [1.29, 1.82) is 5.26 Å². The van der Waals surface area contributed by atoms with E-state index in [9.17, 15) is 33.1 Å². The third kappa shape index (κ3) is 4.00. The highest BCUT2D eigenvalue weighted by Gasteiger charge is 2.39. The van der Waals surface area contributed by atoms with Gasteiger partial charge in [0.15, 0.2) is 17.0 Å². The normalized spacial score (nSPS) is 23.9. The minimum Gasteiger partial charge on any atom is -0.393 e. The monoisotopic (exact) mass is 475 g/mol. The molecule has 180 valence electrons. The van der Waals surface area contributed by atoms with Gasteiger partial charge in [-0.05, 0) is 56.1 Å². The Morgan fingerprint density at radius 2 is 1.85 bits per heavy atom. The van der Waals surface area contributed by atoms with Crippen molar-refractivity contribution in [1.82, 2.24) is 19.2 Å². The molecule has 8 nitrogen and oxygen atoms in total. The molecule has 0 atom stereocenters. The Kier molecular flexibility index (Phi) is 5.51. The van der Waals surface area contributed by atoms with E-state index in [1.54, 1.807) is 4.90 Å². The van der Waals surface area contributed by atoms with Crippen molar-refractivity contribution in [2.75, 3.05) is 19.6 Å². The number of fused-ring (bicyclic) bond motifs is 1. The van der Waals surface area contributed by atoms with E-state index in [0.29, 0.717) is 37.8 Å². The molecule has 5 rings (SSSR count). The Balaban J connectivity index is 1.44. The molecule has 34 heavy (non-hydrogen) atoms. The number of pyridine rings is 1. The maximum atomic E-state index is 13.8. The maximum absolute atomic E-state index is 13.8. The lowest BCUT2D eigenvalue weighted by Gasteiger charge is -2.41. The molecular weight excluding hydrogens is 451 g/mol. The van der Waals surface area contributed by atoms with Crippen molar-refractivity contribution in [2.45, 2.75) is 62.8 Å². The van der Waals surface area contributed by atoms with Crippen LogP contribution in [0.15, 0.2) is 12.3 Å². The number of nitriles is 1. The number of alkyl halides is 3. The molecule has 2 aliphatic carbocycles. The topological polar surface area (TPSA) is 102 Å². The number of rotatable bonds is 3. The number of hydrogen-bond donors (Lipinski definition) is 1. The van der Waals surface area contributed by atoms with E-state index in [1.165, 1.54) is 11.1 Å². The number of carbonyl (C=O) groups is 2. The quantitative estimate of drug-likeness (QED) is 0.736. The standard InChI is InChI=1S/C23H24F3N5O3/c24-23(25,26)17-9-14(13-1-2-13)11-31-18(10-27)20(28-21(17)31)22(34)29-7-8-30(19(33)12-29)15-3-5-16(32)6-4-15/h9,11,13,15-16,32H,1-8,12H2/t15-,16+. The van der Waals surface area contributed by atoms with E-state index in [4.69, 9.17) is 0 Å². The summed E-state index contributed by atoms with van der Waals surface area (Å²) in [6, 6.07) is 2.91. The van der Waals surface area contributed by atoms with Gasteiger partial charge in [-0.15, -0.1) is 0 Å². The molecule has 2 aromatic rings. The maximum Gasteiger partial charge on any atom is 0.419 e. The number of aliphatic hydroxyl groups is 1. The van der Waals surface area contributed by atoms with Gasteiger partial charge < -0.3 is 14.9 Å². The molecule has 2 amide bonds. The van der Waals surface area contributed by atoms with Crippen LogP contribution in [0.2, 0.25) is 0 Å².